The zero-order valence-corrected chi connectivity index (χ0v) is 17.4. The van der Waals surface area contributed by atoms with Gasteiger partial charge in [-0.15, -0.1) is 11.8 Å². The van der Waals surface area contributed by atoms with Crippen LogP contribution in [0.1, 0.15) is 11.4 Å². The van der Waals surface area contributed by atoms with Gasteiger partial charge < -0.3 is 14.6 Å². The molecule has 7 heteroatoms. The summed E-state index contributed by atoms with van der Waals surface area (Å²) in [6.45, 7) is 0.934. The molecule has 4 rings (SSSR count). The van der Waals surface area contributed by atoms with Crippen LogP contribution in [0.4, 0.5) is 0 Å². The molecule has 0 atom stereocenters. The van der Waals surface area contributed by atoms with Crippen molar-refractivity contribution in [3.05, 3.63) is 84.3 Å². The number of fused-ring (bicyclic) bond motifs is 1. The van der Waals surface area contributed by atoms with Crippen LogP contribution in [0.2, 0.25) is 0 Å². The second kappa shape index (κ2) is 9.45. The molecule has 0 saturated heterocycles. The van der Waals surface area contributed by atoms with Crippen LogP contribution in [0.5, 0.6) is 5.75 Å². The lowest BCUT2D eigenvalue weighted by Gasteiger charge is -2.11. The fourth-order valence-electron chi connectivity index (χ4n) is 3.15. The zero-order chi connectivity index (χ0) is 20.8. The van der Waals surface area contributed by atoms with E-state index in [4.69, 9.17) is 4.74 Å². The van der Waals surface area contributed by atoms with E-state index in [9.17, 15) is 4.79 Å². The first-order valence-corrected chi connectivity index (χ1v) is 10.6. The van der Waals surface area contributed by atoms with E-state index in [2.05, 4.69) is 15.3 Å². The van der Waals surface area contributed by atoms with Crippen molar-refractivity contribution in [1.82, 2.24) is 19.9 Å². The van der Waals surface area contributed by atoms with Gasteiger partial charge in [0.25, 0.3) is 0 Å². The second-order valence-electron chi connectivity index (χ2n) is 6.69. The highest BCUT2D eigenvalue weighted by atomic mass is 32.2. The van der Waals surface area contributed by atoms with Gasteiger partial charge in [0.05, 0.1) is 26.0 Å². The Morgan fingerprint density at radius 3 is 2.80 bits per heavy atom. The SMILES string of the molecule is COc1cccc(Cn2c(CNC(=O)CSc3ccccc3)nc3cccnc32)c1. The van der Waals surface area contributed by atoms with Crippen molar-refractivity contribution >= 4 is 28.8 Å². The molecule has 2 heterocycles. The summed E-state index contributed by atoms with van der Waals surface area (Å²) in [6.07, 6.45) is 1.75. The van der Waals surface area contributed by atoms with E-state index >= 15 is 0 Å². The number of carbonyl (C=O) groups excluding carboxylic acids is 1. The number of ether oxygens (including phenoxy) is 1. The Kier molecular flexibility index (Phi) is 6.29. The molecule has 30 heavy (non-hydrogen) atoms. The Morgan fingerprint density at radius 1 is 1.10 bits per heavy atom. The van der Waals surface area contributed by atoms with Gasteiger partial charge in [-0.3, -0.25) is 4.79 Å². The van der Waals surface area contributed by atoms with Crippen LogP contribution in [0.15, 0.2) is 77.8 Å². The minimum atomic E-state index is -0.0307. The number of thioether (sulfide) groups is 1. The Balaban J connectivity index is 1.49. The summed E-state index contributed by atoms with van der Waals surface area (Å²) < 4.78 is 7.37. The van der Waals surface area contributed by atoms with Crippen molar-refractivity contribution in [2.45, 2.75) is 18.0 Å². The molecule has 6 nitrogen and oxygen atoms in total. The fourth-order valence-corrected chi connectivity index (χ4v) is 3.90. The van der Waals surface area contributed by atoms with Crippen molar-refractivity contribution in [2.24, 2.45) is 0 Å². The van der Waals surface area contributed by atoms with Gasteiger partial charge in [0.1, 0.15) is 17.1 Å². The number of rotatable bonds is 8. The highest BCUT2D eigenvalue weighted by Crippen LogP contribution is 2.19. The number of nitrogens with one attached hydrogen (secondary N) is 1. The van der Waals surface area contributed by atoms with Gasteiger partial charge in [0.2, 0.25) is 5.91 Å². The van der Waals surface area contributed by atoms with E-state index in [1.165, 1.54) is 11.8 Å². The average molecular weight is 419 g/mol. The third kappa shape index (κ3) is 4.80. The number of pyridine rings is 1. The summed E-state index contributed by atoms with van der Waals surface area (Å²) >= 11 is 1.51. The normalized spacial score (nSPS) is 10.8. The minimum Gasteiger partial charge on any atom is -0.497 e. The highest BCUT2D eigenvalue weighted by Gasteiger charge is 2.13. The van der Waals surface area contributed by atoms with E-state index in [0.29, 0.717) is 18.8 Å². The van der Waals surface area contributed by atoms with Crippen molar-refractivity contribution in [1.29, 1.82) is 0 Å². The lowest BCUT2D eigenvalue weighted by Crippen LogP contribution is -2.26. The molecule has 2 aromatic heterocycles. The molecule has 1 amide bonds. The van der Waals surface area contributed by atoms with Crippen LogP contribution in [-0.2, 0) is 17.9 Å². The molecular weight excluding hydrogens is 396 g/mol. The number of benzene rings is 2. The smallest absolute Gasteiger partial charge is 0.230 e. The zero-order valence-electron chi connectivity index (χ0n) is 16.6. The third-order valence-corrected chi connectivity index (χ3v) is 5.63. The molecule has 152 valence electrons. The van der Waals surface area contributed by atoms with Crippen LogP contribution in [0, 0.1) is 0 Å². The molecular formula is C23H22N4O2S. The van der Waals surface area contributed by atoms with Crippen LogP contribution in [-0.4, -0.2) is 33.3 Å². The Hall–Kier alpha value is -3.32. The van der Waals surface area contributed by atoms with Crippen molar-refractivity contribution in [2.75, 3.05) is 12.9 Å². The van der Waals surface area contributed by atoms with Crippen LogP contribution in [0.3, 0.4) is 0 Å². The minimum absolute atomic E-state index is 0.0307. The topological polar surface area (TPSA) is 69.0 Å². The first-order valence-electron chi connectivity index (χ1n) is 9.60. The molecule has 4 aromatic rings. The molecule has 0 aliphatic rings. The van der Waals surface area contributed by atoms with Gasteiger partial charge in [0.15, 0.2) is 5.65 Å². The predicted octanol–water partition coefficient (Wildman–Crippen LogP) is 3.90. The largest absolute Gasteiger partial charge is 0.497 e. The molecule has 0 aliphatic heterocycles. The molecule has 0 saturated carbocycles. The number of amides is 1. The number of imidazole rings is 1. The lowest BCUT2D eigenvalue weighted by atomic mass is 10.2. The quantitative estimate of drug-likeness (QED) is 0.440. The molecule has 1 N–H and O–H groups in total. The number of methoxy groups -OCH3 is 1. The van der Waals surface area contributed by atoms with Crippen LogP contribution in [0.25, 0.3) is 11.2 Å². The first kappa shape index (κ1) is 20.0. The van der Waals surface area contributed by atoms with E-state index in [-0.39, 0.29) is 5.91 Å². The van der Waals surface area contributed by atoms with E-state index in [0.717, 1.165) is 33.2 Å². The van der Waals surface area contributed by atoms with Crippen LogP contribution < -0.4 is 10.1 Å². The molecule has 0 aliphatic carbocycles. The summed E-state index contributed by atoms with van der Waals surface area (Å²) in [5, 5.41) is 2.98. The molecule has 0 radical (unpaired) electrons. The van der Waals surface area contributed by atoms with E-state index in [1.807, 2.05) is 71.3 Å². The van der Waals surface area contributed by atoms with Gasteiger partial charge in [-0.05, 0) is 42.0 Å². The number of hydrogen-bond donors (Lipinski definition) is 1. The average Bonchev–Trinajstić information content (AvgIpc) is 3.14. The number of nitrogens with zero attached hydrogens (tertiary/aromatic N) is 3. The standard InChI is InChI=1S/C23H22N4O2S/c1-29-18-8-5-7-17(13-18)15-27-21(26-20-11-6-12-24-23(20)27)14-25-22(28)16-30-19-9-3-2-4-10-19/h2-13H,14-16H2,1H3,(H,25,28). The highest BCUT2D eigenvalue weighted by molar-refractivity contribution is 8.00. The molecule has 0 spiro atoms. The van der Waals surface area contributed by atoms with Gasteiger partial charge in [0, 0.05) is 11.1 Å². The van der Waals surface area contributed by atoms with Gasteiger partial charge in [-0.2, -0.15) is 0 Å². The second-order valence-corrected chi connectivity index (χ2v) is 7.74. The summed E-state index contributed by atoms with van der Waals surface area (Å²) in [6, 6.07) is 21.6. The maximum Gasteiger partial charge on any atom is 0.230 e. The maximum absolute atomic E-state index is 12.4. The summed E-state index contributed by atoms with van der Waals surface area (Å²) in [5.41, 5.74) is 2.68. The Bertz CT molecular complexity index is 1140. The fraction of sp³-hybridized carbons (Fsp3) is 0.174. The molecule has 2 aromatic carbocycles. The van der Waals surface area contributed by atoms with Crippen molar-refractivity contribution < 1.29 is 9.53 Å². The van der Waals surface area contributed by atoms with Gasteiger partial charge in [-0.25, -0.2) is 9.97 Å². The van der Waals surface area contributed by atoms with E-state index < -0.39 is 0 Å². The Labute approximate surface area is 179 Å². The van der Waals surface area contributed by atoms with E-state index in [1.54, 1.807) is 13.3 Å². The van der Waals surface area contributed by atoms with Crippen molar-refractivity contribution in [3.8, 4) is 5.75 Å². The first-order chi connectivity index (χ1) is 14.7. The number of hydrogen-bond acceptors (Lipinski definition) is 5. The molecule has 0 bridgehead atoms. The van der Waals surface area contributed by atoms with Crippen molar-refractivity contribution in [3.63, 3.8) is 0 Å². The predicted molar refractivity (Wildman–Crippen MR) is 119 cm³/mol. The summed E-state index contributed by atoms with van der Waals surface area (Å²) in [7, 11) is 1.65. The summed E-state index contributed by atoms with van der Waals surface area (Å²) in [5.74, 6) is 1.90. The van der Waals surface area contributed by atoms with Gasteiger partial charge >= 0.3 is 0 Å². The number of aromatic nitrogens is 3. The third-order valence-electron chi connectivity index (χ3n) is 4.61. The molecule has 0 unspecified atom stereocenters. The summed E-state index contributed by atoms with van der Waals surface area (Å²) in [4.78, 5) is 22.6. The van der Waals surface area contributed by atoms with Crippen LogP contribution >= 0.6 is 11.8 Å². The molecule has 0 fully saturated rings. The number of carbonyl (C=O) groups is 1. The Morgan fingerprint density at radius 2 is 1.97 bits per heavy atom. The van der Waals surface area contributed by atoms with Gasteiger partial charge in [-0.1, -0.05) is 30.3 Å². The monoisotopic (exact) mass is 418 g/mol. The lowest BCUT2D eigenvalue weighted by molar-refractivity contribution is -0.118. The maximum atomic E-state index is 12.4.